The number of hydrogen-bond acceptors (Lipinski definition) is 2. The third kappa shape index (κ3) is 1.43. The molecule has 2 amide bonds. The summed E-state index contributed by atoms with van der Waals surface area (Å²) in [7, 11) is 1.51. The van der Waals surface area contributed by atoms with E-state index in [4.69, 9.17) is 0 Å². The predicted molar refractivity (Wildman–Crippen MR) is 61.5 cm³/mol. The second-order valence-electron chi connectivity index (χ2n) is 4.52. The van der Waals surface area contributed by atoms with Crippen molar-refractivity contribution in [3.8, 4) is 0 Å². The Morgan fingerprint density at radius 2 is 1.56 bits per heavy atom. The third-order valence-corrected chi connectivity index (χ3v) is 3.38. The number of rotatable bonds is 1. The molecule has 0 radical (unpaired) electrons. The summed E-state index contributed by atoms with van der Waals surface area (Å²) < 4.78 is 0. The molecular weight excluding hydrogens is 202 g/mol. The molecular formula is C13H15NO2. The fraction of sp³-hybridized carbons (Fsp3) is 0.385. The Bertz CT molecular complexity index is 419. The highest BCUT2D eigenvalue weighted by molar-refractivity contribution is 6.21. The zero-order valence-electron chi connectivity index (χ0n) is 9.78. The van der Waals surface area contributed by atoms with E-state index in [0.29, 0.717) is 11.1 Å². The van der Waals surface area contributed by atoms with Crippen LogP contribution in [0.3, 0.4) is 0 Å². The van der Waals surface area contributed by atoms with Gasteiger partial charge in [0.05, 0.1) is 11.1 Å². The third-order valence-electron chi connectivity index (χ3n) is 3.38. The van der Waals surface area contributed by atoms with Gasteiger partial charge in [-0.1, -0.05) is 38.2 Å². The predicted octanol–water partition coefficient (Wildman–Crippen LogP) is 1.82. The summed E-state index contributed by atoms with van der Waals surface area (Å²) in [4.78, 5) is 24.7. The number of imide groups is 1. The van der Waals surface area contributed by atoms with Gasteiger partial charge < -0.3 is 0 Å². The van der Waals surface area contributed by atoms with Gasteiger partial charge in [-0.2, -0.15) is 0 Å². The fourth-order valence-electron chi connectivity index (χ4n) is 1.84. The molecule has 2 rings (SSSR count). The largest absolute Gasteiger partial charge is 0.277 e. The van der Waals surface area contributed by atoms with Crippen molar-refractivity contribution < 1.29 is 9.59 Å². The number of nitrogens with zero attached hydrogens (tertiary/aromatic N) is 1. The van der Waals surface area contributed by atoms with Crippen LogP contribution >= 0.6 is 0 Å². The number of carbonyl (C=O) groups excluding carboxylic acids is 2. The van der Waals surface area contributed by atoms with Gasteiger partial charge in [0.2, 0.25) is 0 Å². The van der Waals surface area contributed by atoms with E-state index < -0.39 is 0 Å². The first-order chi connectivity index (χ1) is 7.48. The number of likely N-dealkylation sites (N-methyl/N-ethyl adjacent to an activating group) is 1. The quantitative estimate of drug-likeness (QED) is 0.628. The summed E-state index contributed by atoms with van der Waals surface area (Å²) in [6.45, 7) is 4.17. The lowest BCUT2D eigenvalue weighted by molar-refractivity contribution is -0.135. The SMILES string of the molecule is CCC1(C)C=CC2=C(C=C1)C(=O)N(C)C2=O. The minimum atomic E-state index is -0.207. The average molecular weight is 217 g/mol. The van der Waals surface area contributed by atoms with Crippen LogP contribution < -0.4 is 0 Å². The van der Waals surface area contributed by atoms with Gasteiger partial charge in [0.25, 0.3) is 11.8 Å². The summed E-state index contributed by atoms with van der Waals surface area (Å²) in [6, 6.07) is 0. The second-order valence-corrected chi connectivity index (χ2v) is 4.52. The average Bonchev–Trinajstić information content (AvgIpc) is 2.46. The monoisotopic (exact) mass is 217 g/mol. The Labute approximate surface area is 95.1 Å². The van der Waals surface area contributed by atoms with E-state index in [-0.39, 0.29) is 17.2 Å². The molecule has 16 heavy (non-hydrogen) atoms. The van der Waals surface area contributed by atoms with Crippen LogP contribution in [0.4, 0.5) is 0 Å². The number of amides is 2. The first kappa shape index (κ1) is 10.9. The molecule has 84 valence electrons. The molecule has 2 aliphatic rings. The number of carbonyl (C=O) groups is 2. The summed E-state index contributed by atoms with van der Waals surface area (Å²) >= 11 is 0. The second kappa shape index (κ2) is 3.44. The first-order valence-electron chi connectivity index (χ1n) is 5.43. The van der Waals surface area contributed by atoms with E-state index in [1.54, 1.807) is 12.2 Å². The molecule has 0 atom stereocenters. The Balaban J connectivity index is 2.47. The van der Waals surface area contributed by atoms with Crippen LogP contribution in [0.15, 0.2) is 35.5 Å². The van der Waals surface area contributed by atoms with Crippen LogP contribution in [0, 0.1) is 5.41 Å². The van der Waals surface area contributed by atoms with Gasteiger partial charge in [0.1, 0.15) is 0 Å². The van der Waals surface area contributed by atoms with E-state index in [0.717, 1.165) is 11.3 Å². The molecule has 1 heterocycles. The highest BCUT2D eigenvalue weighted by atomic mass is 16.2. The lowest BCUT2D eigenvalue weighted by Crippen LogP contribution is -2.27. The molecule has 0 aromatic carbocycles. The van der Waals surface area contributed by atoms with Gasteiger partial charge in [-0.3, -0.25) is 14.5 Å². The Morgan fingerprint density at radius 3 is 1.94 bits per heavy atom. The Kier molecular flexibility index (Phi) is 2.34. The molecule has 0 aromatic rings. The minimum Gasteiger partial charge on any atom is -0.277 e. The fourth-order valence-corrected chi connectivity index (χ4v) is 1.84. The van der Waals surface area contributed by atoms with Gasteiger partial charge in [-0.15, -0.1) is 0 Å². The maximum atomic E-state index is 11.8. The van der Waals surface area contributed by atoms with Crippen molar-refractivity contribution in [3.63, 3.8) is 0 Å². The van der Waals surface area contributed by atoms with Gasteiger partial charge in [0, 0.05) is 12.5 Å². The van der Waals surface area contributed by atoms with Crippen LogP contribution in [-0.4, -0.2) is 23.8 Å². The topological polar surface area (TPSA) is 37.4 Å². The molecule has 0 fully saturated rings. The molecule has 3 heteroatoms. The van der Waals surface area contributed by atoms with Gasteiger partial charge in [0.15, 0.2) is 0 Å². The molecule has 0 saturated heterocycles. The molecule has 0 saturated carbocycles. The van der Waals surface area contributed by atoms with E-state index in [9.17, 15) is 9.59 Å². The zero-order valence-corrected chi connectivity index (χ0v) is 9.78. The highest BCUT2D eigenvalue weighted by Gasteiger charge is 2.34. The van der Waals surface area contributed by atoms with Crippen molar-refractivity contribution in [1.29, 1.82) is 0 Å². The van der Waals surface area contributed by atoms with Gasteiger partial charge in [-0.25, -0.2) is 0 Å². The Morgan fingerprint density at radius 1 is 1.12 bits per heavy atom. The van der Waals surface area contributed by atoms with E-state index in [1.165, 1.54) is 7.05 Å². The molecule has 0 aromatic heterocycles. The number of allylic oxidation sites excluding steroid dienone is 2. The number of hydrogen-bond donors (Lipinski definition) is 0. The van der Waals surface area contributed by atoms with E-state index >= 15 is 0 Å². The maximum absolute atomic E-state index is 11.8. The zero-order chi connectivity index (χ0) is 11.9. The smallest absolute Gasteiger partial charge is 0.261 e. The first-order valence-corrected chi connectivity index (χ1v) is 5.43. The molecule has 1 aliphatic carbocycles. The summed E-state index contributed by atoms with van der Waals surface area (Å²) in [6.07, 6.45) is 8.50. The molecule has 0 N–H and O–H groups in total. The van der Waals surface area contributed by atoms with Gasteiger partial charge in [-0.05, 0) is 6.42 Å². The molecule has 0 bridgehead atoms. The normalized spacial score (nSPS) is 22.8. The van der Waals surface area contributed by atoms with Gasteiger partial charge >= 0.3 is 0 Å². The maximum Gasteiger partial charge on any atom is 0.261 e. The van der Waals surface area contributed by atoms with Crippen molar-refractivity contribution in [2.75, 3.05) is 7.05 Å². The van der Waals surface area contributed by atoms with Crippen LogP contribution in [0.1, 0.15) is 20.3 Å². The summed E-state index contributed by atoms with van der Waals surface area (Å²) in [5.74, 6) is -0.414. The van der Waals surface area contributed by atoms with Crippen molar-refractivity contribution >= 4 is 11.8 Å². The van der Waals surface area contributed by atoms with Crippen molar-refractivity contribution in [3.05, 3.63) is 35.5 Å². The minimum absolute atomic E-state index is 0.0660. The Hall–Kier alpha value is -1.64. The van der Waals surface area contributed by atoms with E-state index in [1.807, 2.05) is 12.2 Å². The molecule has 3 nitrogen and oxygen atoms in total. The lowest BCUT2D eigenvalue weighted by Gasteiger charge is -2.18. The highest BCUT2D eigenvalue weighted by Crippen LogP contribution is 2.32. The molecule has 0 unspecified atom stereocenters. The van der Waals surface area contributed by atoms with Crippen LogP contribution in [-0.2, 0) is 9.59 Å². The van der Waals surface area contributed by atoms with Crippen LogP contribution in [0.25, 0.3) is 0 Å². The summed E-state index contributed by atoms with van der Waals surface area (Å²) in [5, 5.41) is 0. The summed E-state index contributed by atoms with van der Waals surface area (Å²) in [5.41, 5.74) is 0.963. The van der Waals surface area contributed by atoms with Crippen LogP contribution in [0.2, 0.25) is 0 Å². The van der Waals surface area contributed by atoms with E-state index in [2.05, 4.69) is 13.8 Å². The lowest BCUT2D eigenvalue weighted by atomic mass is 9.87. The van der Waals surface area contributed by atoms with Crippen molar-refractivity contribution in [2.24, 2.45) is 5.41 Å². The standard InChI is InChI=1S/C13H15NO2/c1-4-13(2)7-5-9-10(6-8-13)12(16)14(3)11(9)15/h5-8H,4H2,1-3H3. The molecule has 1 aliphatic heterocycles. The van der Waals surface area contributed by atoms with Crippen LogP contribution in [0.5, 0.6) is 0 Å². The van der Waals surface area contributed by atoms with Crippen molar-refractivity contribution in [1.82, 2.24) is 4.90 Å². The molecule has 0 spiro atoms. The van der Waals surface area contributed by atoms with Crippen molar-refractivity contribution in [2.45, 2.75) is 20.3 Å².